The van der Waals surface area contributed by atoms with E-state index in [-0.39, 0.29) is 5.84 Å². The lowest BCUT2D eigenvalue weighted by Gasteiger charge is -1.99. The Bertz CT molecular complexity index is 552. The molecule has 0 atom stereocenters. The average molecular weight is 281 g/mol. The first-order valence-electron chi connectivity index (χ1n) is 5.17. The van der Waals surface area contributed by atoms with E-state index >= 15 is 0 Å². The van der Waals surface area contributed by atoms with Gasteiger partial charge in [-0.1, -0.05) is 23.8 Å². The fraction of sp³-hybridized carbons (Fsp3) is 0.200. The molecule has 8 heteroatoms. The number of oxime groups is 1. The molecule has 0 radical (unpaired) electrons. The highest BCUT2D eigenvalue weighted by Crippen LogP contribution is 2.28. The van der Waals surface area contributed by atoms with Crippen LogP contribution < -0.4 is 5.73 Å². The molecule has 0 unspecified atom stereocenters. The highest BCUT2D eigenvalue weighted by atomic mass is 32.2. The molecule has 94 valence electrons. The van der Waals surface area contributed by atoms with Gasteiger partial charge in [0, 0.05) is 17.5 Å². The molecule has 0 saturated carbocycles. The van der Waals surface area contributed by atoms with E-state index in [1.54, 1.807) is 12.3 Å². The molecule has 6 nitrogen and oxygen atoms in total. The summed E-state index contributed by atoms with van der Waals surface area (Å²) in [6.07, 6.45) is 2.49. The minimum atomic E-state index is -0.00395. The van der Waals surface area contributed by atoms with Crippen LogP contribution in [0.2, 0.25) is 0 Å². The molecule has 0 spiro atoms. The van der Waals surface area contributed by atoms with E-state index < -0.39 is 0 Å². The van der Waals surface area contributed by atoms with Gasteiger partial charge >= 0.3 is 0 Å². The van der Waals surface area contributed by atoms with Crippen LogP contribution in [-0.4, -0.2) is 25.4 Å². The predicted molar refractivity (Wildman–Crippen MR) is 70.2 cm³/mol. The Morgan fingerprint density at radius 1 is 1.56 bits per heavy atom. The first-order valence-corrected chi connectivity index (χ1v) is 6.76. The fourth-order valence-electron chi connectivity index (χ4n) is 1.17. The molecule has 2 heterocycles. The summed E-state index contributed by atoms with van der Waals surface area (Å²) in [6.45, 7) is 2.02. The summed E-state index contributed by atoms with van der Waals surface area (Å²) in [5.74, 6) is 0.847. The lowest BCUT2D eigenvalue weighted by Crippen LogP contribution is -2.14. The summed E-state index contributed by atoms with van der Waals surface area (Å²) in [5.41, 5.74) is 5.87. The van der Waals surface area contributed by atoms with Crippen molar-refractivity contribution < 1.29 is 5.21 Å². The van der Waals surface area contributed by atoms with Gasteiger partial charge in [-0.2, -0.15) is 4.37 Å². The molecular weight excluding hydrogens is 270 g/mol. The van der Waals surface area contributed by atoms with Crippen molar-refractivity contribution in [1.82, 2.24) is 14.3 Å². The van der Waals surface area contributed by atoms with Crippen molar-refractivity contribution in [2.75, 3.05) is 0 Å². The molecule has 0 aliphatic carbocycles. The minimum absolute atomic E-state index is 0.00395. The maximum Gasteiger partial charge on any atom is 0.188 e. The Labute approximate surface area is 112 Å². The molecule has 3 N–H and O–H groups in total. The second kappa shape index (κ2) is 5.78. The topological polar surface area (TPSA) is 97.3 Å². The molecule has 2 aromatic heterocycles. The van der Waals surface area contributed by atoms with E-state index in [1.807, 2.05) is 13.0 Å². The van der Waals surface area contributed by atoms with Crippen LogP contribution in [0.15, 0.2) is 32.7 Å². The molecule has 0 fully saturated rings. The van der Waals surface area contributed by atoms with Crippen LogP contribution in [0.1, 0.15) is 18.4 Å². The summed E-state index contributed by atoms with van der Waals surface area (Å²) in [7, 11) is 0. The first-order chi connectivity index (χ1) is 8.72. The van der Waals surface area contributed by atoms with Gasteiger partial charge in [-0.05, 0) is 23.7 Å². The van der Waals surface area contributed by atoms with E-state index in [2.05, 4.69) is 19.5 Å². The Kier molecular flexibility index (Phi) is 4.11. The van der Waals surface area contributed by atoms with Gasteiger partial charge in [0.1, 0.15) is 11.5 Å². The van der Waals surface area contributed by atoms with Crippen molar-refractivity contribution in [2.45, 2.75) is 22.6 Å². The fourth-order valence-corrected chi connectivity index (χ4v) is 2.81. The third-order valence-corrected chi connectivity index (χ3v) is 3.84. The Balaban J connectivity index is 2.10. The largest absolute Gasteiger partial charge is 0.409 e. The predicted octanol–water partition coefficient (Wildman–Crippen LogP) is 1.74. The SMILES string of the molecule is CCc1nsc(Sc2ccc(/C(N)=N/O)nc2)n1. The van der Waals surface area contributed by atoms with Crippen molar-refractivity contribution in [2.24, 2.45) is 10.9 Å². The maximum absolute atomic E-state index is 8.52. The van der Waals surface area contributed by atoms with Crippen LogP contribution >= 0.6 is 23.3 Å². The van der Waals surface area contributed by atoms with Gasteiger partial charge in [0.2, 0.25) is 0 Å². The molecule has 2 aromatic rings. The zero-order chi connectivity index (χ0) is 13.0. The summed E-state index contributed by atoms with van der Waals surface area (Å²) in [4.78, 5) is 9.38. The smallest absolute Gasteiger partial charge is 0.188 e. The second-order valence-electron chi connectivity index (χ2n) is 3.30. The van der Waals surface area contributed by atoms with Gasteiger partial charge in [-0.3, -0.25) is 4.98 Å². The number of rotatable bonds is 4. The Morgan fingerprint density at radius 2 is 2.39 bits per heavy atom. The number of nitrogens with zero attached hydrogens (tertiary/aromatic N) is 4. The standard InChI is InChI=1S/C10H11N5OS2/c1-2-8-13-10(18-15-8)17-6-3-4-7(12-5-6)9(11)14-16/h3-5,16H,2H2,1H3,(H2,11,14). The first kappa shape index (κ1) is 12.8. The molecule has 0 aliphatic rings. The van der Waals surface area contributed by atoms with Crippen LogP contribution in [0, 0.1) is 0 Å². The van der Waals surface area contributed by atoms with E-state index in [0.29, 0.717) is 5.69 Å². The third-order valence-electron chi connectivity index (χ3n) is 2.08. The van der Waals surface area contributed by atoms with E-state index in [1.165, 1.54) is 23.3 Å². The van der Waals surface area contributed by atoms with Gasteiger partial charge in [0.15, 0.2) is 10.2 Å². The summed E-state index contributed by atoms with van der Waals surface area (Å²) < 4.78 is 5.09. The number of hydrogen-bond acceptors (Lipinski definition) is 7. The molecule has 18 heavy (non-hydrogen) atoms. The lowest BCUT2D eigenvalue weighted by molar-refractivity contribution is 0.318. The zero-order valence-corrected chi connectivity index (χ0v) is 11.2. The van der Waals surface area contributed by atoms with Crippen LogP contribution in [0.5, 0.6) is 0 Å². The average Bonchev–Trinajstić information content (AvgIpc) is 2.86. The van der Waals surface area contributed by atoms with Gasteiger partial charge in [0.05, 0.1) is 0 Å². The summed E-state index contributed by atoms with van der Waals surface area (Å²) >= 11 is 2.86. The molecule has 0 amide bonds. The third kappa shape index (κ3) is 2.96. The molecule has 0 bridgehead atoms. The normalized spacial score (nSPS) is 11.7. The van der Waals surface area contributed by atoms with Crippen molar-refractivity contribution >= 4 is 29.1 Å². The highest BCUT2D eigenvalue weighted by Gasteiger charge is 2.06. The quantitative estimate of drug-likeness (QED) is 0.383. The van der Waals surface area contributed by atoms with E-state index in [4.69, 9.17) is 10.9 Å². The number of amidine groups is 1. The Morgan fingerprint density at radius 3 is 2.94 bits per heavy atom. The van der Waals surface area contributed by atoms with Crippen molar-refractivity contribution in [3.63, 3.8) is 0 Å². The van der Waals surface area contributed by atoms with E-state index in [9.17, 15) is 0 Å². The van der Waals surface area contributed by atoms with Crippen molar-refractivity contribution in [3.05, 3.63) is 29.8 Å². The van der Waals surface area contributed by atoms with Crippen molar-refractivity contribution in [3.8, 4) is 0 Å². The van der Waals surface area contributed by atoms with Crippen LogP contribution in [0.3, 0.4) is 0 Å². The Hall–Kier alpha value is -1.67. The monoisotopic (exact) mass is 281 g/mol. The zero-order valence-electron chi connectivity index (χ0n) is 9.57. The van der Waals surface area contributed by atoms with Gasteiger partial charge < -0.3 is 10.9 Å². The summed E-state index contributed by atoms with van der Waals surface area (Å²) in [5, 5.41) is 11.4. The molecule has 2 rings (SSSR count). The van der Waals surface area contributed by atoms with Crippen LogP contribution in [-0.2, 0) is 6.42 Å². The van der Waals surface area contributed by atoms with E-state index in [0.717, 1.165) is 21.5 Å². The van der Waals surface area contributed by atoms with Crippen molar-refractivity contribution in [1.29, 1.82) is 0 Å². The maximum atomic E-state index is 8.52. The minimum Gasteiger partial charge on any atom is -0.409 e. The van der Waals surface area contributed by atoms with Gasteiger partial charge in [-0.25, -0.2) is 4.98 Å². The number of nitrogens with two attached hydrogens (primary N) is 1. The summed E-state index contributed by atoms with van der Waals surface area (Å²) in [6, 6.07) is 3.54. The number of hydrogen-bond donors (Lipinski definition) is 2. The molecule has 0 aromatic carbocycles. The molecule has 0 aliphatic heterocycles. The molecule has 0 saturated heterocycles. The second-order valence-corrected chi connectivity index (χ2v) is 5.37. The van der Waals surface area contributed by atoms with Gasteiger partial charge in [-0.15, -0.1) is 0 Å². The van der Waals surface area contributed by atoms with Crippen LogP contribution in [0.4, 0.5) is 0 Å². The highest BCUT2D eigenvalue weighted by molar-refractivity contribution is 8.01. The molecular formula is C10H11N5OS2. The number of aryl methyl sites for hydroxylation is 1. The lowest BCUT2D eigenvalue weighted by atomic mass is 10.3. The number of pyridine rings is 1. The van der Waals surface area contributed by atoms with Gasteiger partial charge in [0.25, 0.3) is 0 Å². The number of aromatic nitrogens is 3. The van der Waals surface area contributed by atoms with Crippen LogP contribution in [0.25, 0.3) is 0 Å².